The molecule has 2 heterocycles. The number of amides is 1. The van der Waals surface area contributed by atoms with E-state index in [9.17, 15) is 9.18 Å². The minimum Gasteiger partial charge on any atom is -0.284 e. The fraction of sp³-hybridized carbons (Fsp3) is 0.529. The van der Waals surface area contributed by atoms with E-state index in [1.807, 2.05) is 0 Å². The number of carbonyl (C=O) groups is 1. The van der Waals surface area contributed by atoms with Gasteiger partial charge >= 0.3 is 0 Å². The zero-order valence-electron chi connectivity index (χ0n) is 13.0. The molecule has 1 saturated heterocycles. The maximum atomic E-state index is 13.0. The SMILES string of the molecule is CC1CCN(CN2N=C(c3ccc(F)cc3)CCC2=O)CC1. The average molecular weight is 303 g/mol. The van der Waals surface area contributed by atoms with Crippen molar-refractivity contribution in [1.82, 2.24) is 9.91 Å². The van der Waals surface area contributed by atoms with Gasteiger partial charge in [0.1, 0.15) is 5.82 Å². The van der Waals surface area contributed by atoms with E-state index in [0.717, 1.165) is 30.3 Å². The van der Waals surface area contributed by atoms with E-state index >= 15 is 0 Å². The van der Waals surface area contributed by atoms with Gasteiger partial charge in [0.25, 0.3) is 0 Å². The van der Waals surface area contributed by atoms with E-state index in [-0.39, 0.29) is 11.7 Å². The Morgan fingerprint density at radius 1 is 1.18 bits per heavy atom. The molecule has 5 heteroatoms. The van der Waals surface area contributed by atoms with Crippen molar-refractivity contribution in [2.24, 2.45) is 11.0 Å². The molecular weight excluding hydrogens is 281 g/mol. The molecule has 1 aromatic carbocycles. The van der Waals surface area contributed by atoms with E-state index in [4.69, 9.17) is 0 Å². The molecule has 0 saturated carbocycles. The van der Waals surface area contributed by atoms with Gasteiger partial charge in [-0.3, -0.25) is 9.69 Å². The van der Waals surface area contributed by atoms with Crippen molar-refractivity contribution in [3.05, 3.63) is 35.6 Å². The van der Waals surface area contributed by atoms with E-state index < -0.39 is 0 Å². The molecule has 0 radical (unpaired) electrons. The van der Waals surface area contributed by atoms with Crippen molar-refractivity contribution in [1.29, 1.82) is 0 Å². The molecule has 0 aliphatic carbocycles. The second-order valence-corrected chi connectivity index (χ2v) is 6.29. The lowest BCUT2D eigenvalue weighted by Crippen LogP contribution is -2.44. The van der Waals surface area contributed by atoms with Crippen LogP contribution in [0.25, 0.3) is 0 Å². The summed E-state index contributed by atoms with van der Waals surface area (Å²) in [5, 5.41) is 6.09. The number of likely N-dealkylation sites (tertiary alicyclic amines) is 1. The lowest BCUT2D eigenvalue weighted by atomic mass is 10.00. The number of carbonyl (C=O) groups excluding carboxylic acids is 1. The van der Waals surface area contributed by atoms with Crippen LogP contribution in [0.3, 0.4) is 0 Å². The van der Waals surface area contributed by atoms with Gasteiger partial charge < -0.3 is 0 Å². The first-order valence-electron chi connectivity index (χ1n) is 7.98. The Labute approximate surface area is 130 Å². The minimum atomic E-state index is -0.254. The van der Waals surface area contributed by atoms with Gasteiger partial charge in [-0.15, -0.1) is 0 Å². The van der Waals surface area contributed by atoms with Gasteiger partial charge in [0.15, 0.2) is 0 Å². The van der Waals surface area contributed by atoms with Crippen molar-refractivity contribution in [2.75, 3.05) is 19.8 Å². The second-order valence-electron chi connectivity index (χ2n) is 6.29. The fourth-order valence-electron chi connectivity index (χ4n) is 2.95. The van der Waals surface area contributed by atoms with Gasteiger partial charge in [0.05, 0.1) is 12.4 Å². The third kappa shape index (κ3) is 3.53. The number of benzene rings is 1. The van der Waals surface area contributed by atoms with Crippen LogP contribution in [0, 0.1) is 11.7 Å². The van der Waals surface area contributed by atoms with Crippen molar-refractivity contribution in [2.45, 2.75) is 32.6 Å². The molecule has 118 valence electrons. The lowest BCUT2D eigenvalue weighted by Gasteiger charge is -2.34. The molecule has 2 aliphatic rings. The number of hydrazone groups is 1. The Morgan fingerprint density at radius 2 is 1.86 bits per heavy atom. The summed E-state index contributed by atoms with van der Waals surface area (Å²) >= 11 is 0. The third-order valence-electron chi connectivity index (χ3n) is 4.49. The van der Waals surface area contributed by atoms with E-state index in [2.05, 4.69) is 16.9 Å². The molecule has 22 heavy (non-hydrogen) atoms. The van der Waals surface area contributed by atoms with Crippen molar-refractivity contribution >= 4 is 11.6 Å². The molecule has 0 N–H and O–H groups in total. The number of piperidine rings is 1. The summed E-state index contributed by atoms with van der Waals surface area (Å²) in [5.74, 6) is 0.589. The van der Waals surface area contributed by atoms with E-state index in [0.29, 0.717) is 19.5 Å². The summed E-state index contributed by atoms with van der Waals surface area (Å²) in [6.07, 6.45) is 3.45. The highest BCUT2D eigenvalue weighted by Crippen LogP contribution is 2.19. The van der Waals surface area contributed by atoms with Crippen LogP contribution in [-0.4, -0.2) is 41.3 Å². The number of nitrogens with zero attached hydrogens (tertiary/aromatic N) is 3. The van der Waals surface area contributed by atoms with Crippen LogP contribution in [0.15, 0.2) is 29.4 Å². The zero-order chi connectivity index (χ0) is 15.5. The second kappa shape index (κ2) is 6.57. The zero-order valence-corrected chi connectivity index (χ0v) is 13.0. The van der Waals surface area contributed by atoms with Gasteiger partial charge in [-0.1, -0.05) is 19.1 Å². The fourth-order valence-corrected chi connectivity index (χ4v) is 2.95. The molecule has 4 nitrogen and oxygen atoms in total. The number of halogens is 1. The van der Waals surface area contributed by atoms with Crippen LogP contribution < -0.4 is 0 Å². The van der Waals surface area contributed by atoms with Gasteiger partial charge in [-0.05, 0) is 36.5 Å². The predicted molar refractivity (Wildman–Crippen MR) is 83.9 cm³/mol. The third-order valence-corrected chi connectivity index (χ3v) is 4.49. The lowest BCUT2D eigenvalue weighted by molar-refractivity contribution is -0.134. The quantitative estimate of drug-likeness (QED) is 0.861. The minimum absolute atomic E-state index is 0.0736. The van der Waals surface area contributed by atoms with Gasteiger partial charge in [-0.25, -0.2) is 9.40 Å². The molecule has 0 bridgehead atoms. The highest BCUT2D eigenvalue weighted by molar-refractivity contribution is 6.04. The number of hydrogen-bond donors (Lipinski definition) is 0. The molecule has 2 aliphatic heterocycles. The number of hydrogen-bond acceptors (Lipinski definition) is 3. The molecule has 0 aromatic heterocycles. The first-order valence-corrected chi connectivity index (χ1v) is 7.98. The van der Waals surface area contributed by atoms with Crippen molar-refractivity contribution < 1.29 is 9.18 Å². The standard InChI is InChI=1S/C17H22FN3O/c1-13-8-10-20(11-9-13)12-21-17(22)7-6-16(19-21)14-2-4-15(18)5-3-14/h2-5,13H,6-12H2,1H3. The Kier molecular flexibility index (Phi) is 4.52. The maximum absolute atomic E-state index is 13.0. The highest BCUT2D eigenvalue weighted by atomic mass is 19.1. The average Bonchev–Trinajstić information content (AvgIpc) is 2.52. The number of rotatable bonds is 3. The van der Waals surface area contributed by atoms with E-state index in [1.54, 1.807) is 17.1 Å². The molecule has 0 atom stereocenters. The van der Waals surface area contributed by atoms with Gasteiger partial charge in [0.2, 0.25) is 5.91 Å². The highest BCUT2D eigenvalue weighted by Gasteiger charge is 2.24. The van der Waals surface area contributed by atoms with Crippen LogP contribution in [0.5, 0.6) is 0 Å². The Bertz CT molecular complexity index is 562. The summed E-state index contributed by atoms with van der Waals surface area (Å²) in [4.78, 5) is 14.4. The van der Waals surface area contributed by atoms with Crippen LogP contribution in [-0.2, 0) is 4.79 Å². The van der Waals surface area contributed by atoms with E-state index in [1.165, 1.54) is 25.0 Å². The molecular formula is C17H22FN3O. The van der Waals surface area contributed by atoms with Crippen LogP contribution in [0.1, 0.15) is 38.2 Å². The van der Waals surface area contributed by atoms with Crippen LogP contribution in [0.2, 0.25) is 0 Å². The smallest absolute Gasteiger partial charge is 0.244 e. The van der Waals surface area contributed by atoms with Gasteiger partial charge in [-0.2, -0.15) is 5.10 Å². The predicted octanol–water partition coefficient (Wildman–Crippen LogP) is 2.84. The van der Waals surface area contributed by atoms with Crippen LogP contribution in [0.4, 0.5) is 4.39 Å². The molecule has 3 rings (SSSR count). The topological polar surface area (TPSA) is 35.9 Å². The first-order chi connectivity index (χ1) is 10.6. The molecule has 1 aromatic rings. The van der Waals surface area contributed by atoms with Crippen molar-refractivity contribution in [3.63, 3.8) is 0 Å². The molecule has 1 amide bonds. The maximum Gasteiger partial charge on any atom is 0.244 e. The normalized spacial score (nSPS) is 21.1. The van der Waals surface area contributed by atoms with Crippen LogP contribution >= 0.6 is 0 Å². The van der Waals surface area contributed by atoms with Gasteiger partial charge in [0, 0.05) is 25.9 Å². The van der Waals surface area contributed by atoms with Crippen molar-refractivity contribution in [3.8, 4) is 0 Å². The summed E-state index contributed by atoms with van der Waals surface area (Å²) in [6, 6.07) is 6.32. The first kappa shape index (κ1) is 15.2. The Morgan fingerprint density at radius 3 is 2.55 bits per heavy atom. The summed E-state index contributed by atoms with van der Waals surface area (Å²) < 4.78 is 13.0. The largest absolute Gasteiger partial charge is 0.284 e. The summed E-state index contributed by atoms with van der Waals surface area (Å²) in [6.45, 7) is 4.88. The summed E-state index contributed by atoms with van der Waals surface area (Å²) in [5.41, 5.74) is 1.76. The molecule has 0 unspecified atom stereocenters. The monoisotopic (exact) mass is 303 g/mol. The molecule has 0 spiro atoms. The Hall–Kier alpha value is -1.75. The Balaban J connectivity index is 1.70. The summed E-state index contributed by atoms with van der Waals surface area (Å²) in [7, 11) is 0. The molecule has 1 fully saturated rings.